The van der Waals surface area contributed by atoms with Gasteiger partial charge in [-0.3, -0.25) is 0 Å². The monoisotopic (exact) mass is 355 g/mol. The van der Waals surface area contributed by atoms with Crippen molar-refractivity contribution < 1.29 is 9.47 Å². The Morgan fingerprint density at radius 3 is 2.76 bits per heavy atom. The highest BCUT2D eigenvalue weighted by atomic mass is 79.9. The molecule has 2 aromatic rings. The van der Waals surface area contributed by atoms with Crippen molar-refractivity contribution >= 4 is 15.9 Å². The number of hydrogen-bond acceptors (Lipinski definition) is 6. The number of ether oxygens (including phenoxy) is 2. The van der Waals surface area contributed by atoms with Crippen LogP contribution in [-0.4, -0.2) is 33.4 Å². The summed E-state index contributed by atoms with van der Waals surface area (Å²) >= 11 is 3.50. The molecule has 0 radical (unpaired) electrons. The van der Waals surface area contributed by atoms with E-state index in [9.17, 15) is 0 Å². The third-order valence-electron chi connectivity index (χ3n) is 2.74. The summed E-state index contributed by atoms with van der Waals surface area (Å²) in [5.74, 6) is 1.76. The highest BCUT2D eigenvalue weighted by Gasteiger charge is 2.14. The zero-order chi connectivity index (χ0) is 15.4. The highest BCUT2D eigenvalue weighted by molar-refractivity contribution is 9.10. The molecule has 2 rings (SSSR count). The van der Waals surface area contributed by atoms with Gasteiger partial charge >= 0.3 is 0 Å². The van der Waals surface area contributed by atoms with Gasteiger partial charge in [0, 0.05) is 6.04 Å². The Labute approximate surface area is 131 Å². The predicted molar refractivity (Wildman–Crippen MR) is 81.2 cm³/mol. The van der Waals surface area contributed by atoms with Gasteiger partial charge in [-0.05, 0) is 52.2 Å². The van der Waals surface area contributed by atoms with Gasteiger partial charge < -0.3 is 15.2 Å². The van der Waals surface area contributed by atoms with Crippen molar-refractivity contribution in [3.05, 3.63) is 28.0 Å². The third-order valence-corrected chi connectivity index (χ3v) is 3.33. The Balaban J connectivity index is 2.18. The van der Waals surface area contributed by atoms with Crippen molar-refractivity contribution in [2.24, 2.45) is 12.8 Å². The van der Waals surface area contributed by atoms with Crippen LogP contribution in [-0.2, 0) is 20.1 Å². The minimum absolute atomic E-state index is 0.0807. The Morgan fingerprint density at radius 1 is 1.43 bits per heavy atom. The first-order valence-electron chi connectivity index (χ1n) is 6.47. The number of methoxy groups -OCH3 is 1. The Kier molecular flexibility index (Phi) is 5.13. The van der Waals surface area contributed by atoms with E-state index in [-0.39, 0.29) is 12.6 Å². The average molecular weight is 356 g/mol. The summed E-state index contributed by atoms with van der Waals surface area (Å²) in [5, 5.41) is 11.7. The van der Waals surface area contributed by atoms with Crippen LogP contribution >= 0.6 is 15.9 Å². The first kappa shape index (κ1) is 15.7. The van der Waals surface area contributed by atoms with Crippen LogP contribution in [0, 0.1) is 0 Å². The van der Waals surface area contributed by atoms with Gasteiger partial charge in [0.2, 0.25) is 5.82 Å². The molecule has 0 amide bonds. The van der Waals surface area contributed by atoms with E-state index >= 15 is 0 Å². The molecule has 7 nitrogen and oxygen atoms in total. The first-order chi connectivity index (χ1) is 9.99. The van der Waals surface area contributed by atoms with E-state index in [1.165, 1.54) is 4.80 Å². The number of tetrazole rings is 1. The molecule has 0 fully saturated rings. The van der Waals surface area contributed by atoms with Gasteiger partial charge in [0.1, 0.15) is 0 Å². The third kappa shape index (κ3) is 4.15. The minimum Gasteiger partial charge on any atom is -0.493 e. The van der Waals surface area contributed by atoms with Gasteiger partial charge in [-0.15, -0.1) is 10.2 Å². The lowest BCUT2D eigenvalue weighted by Gasteiger charge is -2.14. The molecule has 0 spiro atoms. The number of hydrogen-bond donors (Lipinski definition) is 1. The summed E-state index contributed by atoms with van der Waals surface area (Å²) in [7, 11) is 3.31. The largest absolute Gasteiger partial charge is 0.493 e. The number of aromatic nitrogens is 4. The summed E-state index contributed by atoms with van der Waals surface area (Å²) in [6.07, 6.45) is 0.765. The second-order valence-electron chi connectivity index (χ2n) is 4.77. The molecule has 1 atom stereocenters. The maximum atomic E-state index is 5.83. The minimum atomic E-state index is 0.0807. The van der Waals surface area contributed by atoms with Gasteiger partial charge in [-0.2, -0.15) is 4.80 Å². The lowest BCUT2D eigenvalue weighted by atomic mass is 10.1. The number of rotatable bonds is 6. The molecular formula is C13H18BrN5O2. The summed E-state index contributed by atoms with van der Waals surface area (Å²) in [6.45, 7) is 2.18. The van der Waals surface area contributed by atoms with Crippen LogP contribution in [0.15, 0.2) is 16.6 Å². The smallest absolute Gasteiger partial charge is 0.212 e. The van der Waals surface area contributed by atoms with Crippen LogP contribution in [0.4, 0.5) is 0 Å². The van der Waals surface area contributed by atoms with E-state index in [0.717, 1.165) is 16.5 Å². The molecule has 8 heteroatoms. The zero-order valence-electron chi connectivity index (χ0n) is 12.2. The summed E-state index contributed by atoms with van der Waals surface area (Å²) in [6, 6.07) is 3.98. The van der Waals surface area contributed by atoms with Crippen LogP contribution in [0.3, 0.4) is 0 Å². The molecule has 0 aliphatic rings. The molecule has 0 aliphatic heterocycles. The number of benzene rings is 1. The van der Waals surface area contributed by atoms with Crippen molar-refractivity contribution in [3.8, 4) is 11.5 Å². The Morgan fingerprint density at radius 2 is 2.19 bits per heavy atom. The van der Waals surface area contributed by atoms with Gasteiger partial charge in [0.25, 0.3) is 0 Å². The molecule has 1 unspecified atom stereocenters. The van der Waals surface area contributed by atoms with Gasteiger partial charge in [-0.25, -0.2) is 0 Å². The van der Waals surface area contributed by atoms with Crippen molar-refractivity contribution in [1.29, 1.82) is 0 Å². The average Bonchev–Trinajstić information content (AvgIpc) is 2.82. The van der Waals surface area contributed by atoms with E-state index in [2.05, 4.69) is 31.3 Å². The summed E-state index contributed by atoms with van der Waals surface area (Å²) < 4.78 is 11.9. The summed E-state index contributed by atoms with van der Waals surface area (Å²) in [4.78, 5) is 1.39. The highest BCUT2D eigenvalue weighted by Crippen LogP contribution is 2.37. The van der Waals surface area contributed by atoms with Crippen LogP contribution in [0.2, 0.25) is 0 Å². The topological polar surface area (TPSA) is 88.1 Å². The van der Waals surface area contributed by atoms with Crippen LogP contribution in [0.25, 0.3) is 0 Å². The quantitative estimate of drug-likeness (QED) is 0.843. The molecular weight excluding hydrogens is 338 g/mol. The van der Waals surface area contributed by atoms with Crippen molar-refractivity contribution in [1.82, 2.24) is 20.2 Å². The number of nitrogens with zero attached hydrogens (tertiary/aromatic N) is 4. The molecule has 21 heavy (non-hydrogen) atoms. The molecule has 0 saturated heterocycles. The van der Waals surface area contributed by atoms with Crippen molar-refractivity contribution in [2.75, 3.05) is 7.11 Å². The maximum absolute atomic E-state index is 5.83. The zero-order valence-corrected chi connectivity index (χ0v) is 13.8. The molecule has 1 aromatic carbocycles. The molecule has 0 saturated carbocycles. The Hall–Kier alpha value is -1.67. The van der Waals surface area contributed by atoms with Crippen LogP contribution in [0.1, 0.15) is 18.3 Å². The number of aryl methyl sites for hydroxylation is 1. The number of nitrogens with two attached hydrogens (primary N) is 1. The fraction of sp³-hybridized carbons (Fsp3) is 0.462. The normalized spacial score (nSPS) is 12.2. The van der Waals surface area contributed by atoms with Gasteiger partial charge in [0.15, 0.2) is 18.1 Å². The molecule has 0 aliphatic carbocycles. The van der Waals surface area contributed by atoms with E-state index < -0.39 is 0 Å². The number of halogens is 1. The molecule has 2 N–H and O–H groups in total. The molecule has 114 valence electrons. The van der Waals surface area contributed by atoms with Crippen molar-refractivity contribution in [2.45, 2.75) is 26.0 Å². The lowest BCUT2D eigenvalue weighted by molar-refractivity contribution is 0.274. The van der Waals surface area contributed by atoms with Crippen molar-refractivity contribution in [3.63, 3.8) is 0 Å². The van der Waals surface area contributed by atoms with E-state index in [1.807, 2.05) is 19.1 Å². The first-order valence-corrected chi connectivity index (χ1v) is 7.26. The van der Waals surface area contributed by atoms with E-state index in [1.54, 1.807) is 14.2 Å². The molecule has 1 heterocycles. The fourth-order valence-corrected chi connectivity index (χ4v) is 2.52. The fourth-order valence-electron chi connectivity index (χ4n) is 1.92. The second kappa shape index (κ2) is 6.86. The Bertz CT molecular complexity index is 615. The molecule has 0 bridgehead atoms. The second-order valence-corrected chi connectivity index (χ2v) is 5.63. The standard InChI is InChI=1S/C13H18BrN5O2/c1-8(15)4-9-5-10(14)13(11(6-9)20-3)21-7-12-16-18-19(2)17-12/h5-6,8H,4,7,15H2,1-3H3. The van der Waals surface area contributed by atoms with Gasteiger partial charge in [0.05, 0.1) is 18.6 Å². The predicted octanol–water partition coefficient (Wildman–Crippen LogP) is 1.45. The van der Waals surface area contributed by atoms with Crippen LogP contribution in [0.5, 0.6) is 11.5 Å². The van der Waals surface area contributed by atoms with Crippen LogP contribution < -0.4 is 15.2 Å². The summed E-state index contributed by atoms with van der Waals surface area (Å²) in [5.41, 5.74) is 6.91. The molecule has 1 aromatic heterocycles. The van der Waals surface area contributed by atoms with E-state index in [0.29, 0.717) is 17.3 Å². The SMILES string of the molecule is COc1cc(CC(C)N)cc(Br)c1OCc1nnn(C)n1. The maximum Gasteiger partial charge on any atom is 0.212 e. The van der Waals surface area contributed by atoms with Gasteiger partial charge in [-0.1, -0.05) is 0 Å². The lowest BCUT2D eigenvalue weighted by Crippen LogP contribution is -2.17. The van der Waals surface area contributed by atoms with E-state index in [4.69, 9.17) is 15.2 Å².